The molecule has 0 bridgehead atoms. The van der Waals surface area contributed by atoms with E-state index in [0.29, 0.717) is 18.4 Å². The van der Waals surface area contributed by atoms with Gasteiger partial charge in [0.15, 0.2) is 0 Å². The van der Waals surface area contributed by atoms with E-state index in [4.69, 9.17) is 9.47 Å². The van der Waals surface area contributed by atoms with E-state index in [1.165, 1.54) is 18.6 Å². The Morgan fingerprint density at radius 3 is 2.73 bits per heavy atom. The zero-order chi connectivity index (χ0) is 10.5. The van der Waals surface area contributed by atoms with Crippen molar-refractivity contribution in [2.45, 2.75) is 18.6 Å². The maximum Gasteiger partial charge on any atom is 0.278 e. The normalized spacial score (nSPS) is 20.1. The molecule has 2 aliphatic rings. The Morgan fingerprint density at radius 1 is 1.27 bits per heavy atom. The third kappa shape index (κ3) is 1.14. The molecule has 1 aromatic carbocycles. The summed E-state index contributed by atoms with van der Waals surface area (Å²) in [5.74, 6) is -0.986. The fourth-order valence-corrected chi connectivity index (χ4v) is 2.88. The first kappa shape index (κ1) is 9.21. The molecule has 3 rings (SSSR count). The predicted octanol–water partition coefficient (Wildman–Crippen LogP) is 3.21. The van der Waals surface area contributed by atoms with Crippen LogP contribution in [0.25, 0.3) is 0 Å². The first-order valence-corrected chi connectivity index (χ1v) is 5.50. The van der Waals surface area contributed by atoms with Gasteiger partial charge < -0.3 is 9.47 Å². The molecule has 4 heteroatoms. The van der Waals surface area contributed by atoms with E-state index in [0.717, 1.165) is 10.0 Å². The topological polar surface area (TPSA) is 18.5 Å². The largest absolute Gasteiger partial charge is 0.453 e. The van der Waals surface area contributed by atoms with Crippen LogP contribution in [-0.2, 0) is 21.7 Å². The fraction of sp³-hybridized carbons (Fsp3) is 0.273. The van der Waals surface area contributed by atoms with E-state index < -0.39 is 5.79 Å². The Balaban J connectivity index is 2.21. The molecular weight excluding hydrogens is 263 g/mol. The highest BCUT2D eigenvalue weighted by Gasteiger charge is 2.46. The van der Waals surface area contributed by atoms with Crippen LogP contribution in [0.3, 0.4) is 0 Å². The molecule has 0 atom stereocenters. The van der Waals surface area contributed by atoms with Crippen LogP contribution < -0.4 is 0 Å². The van der Waals surface area contributed by atoms with Crippen LogP contribution in [0.4, 0.5) is 4.39 Å². The summed E-state index contributed by atoms with van der Waals surface area (Å²) in [4.78, 5) is 0. The first-order valence-electron chi connectivity index (χ1n) is 4.71. The average Bonchev–Trinajstić information content (AvgIpc) is 2.83. The number of hydrogen-bond donors (Lipinski definition) is 0. The molecule has 0 radical (unpaired) electrons. The minimum absolute atomic E-state index is 0.191. The van der Waals surface area contributed by atoms with E-state index in [-0.39, 0.29) is 5.82 Å². The average molecular weight is 271 g/mol. The van der Waals surface area contributed by atoms with Crippen molar-refractivity contribution in [2.75, 3.05) is 0 Å². The number of benzene rings is 1. The van der Waals surface area contributed by atoms with Crippen molar-refractivity contribution in [3.63, 3.8) is 0 Å². The van der Waals surface area contributed by atoms with Gasteiger partial charge in [0.2, 0.25) is 0 Å². The summed E-state index contributed by atoms with van der Waals surface area (Å²) in [5, 5.41) is 0. The Morgan fingerprint density at radius 2 is 2.00 bits per heavy atom. The second-order valence-electron chi connectivity index (χ2n) is 3.64. The molecule has 1 aromatic rings. The zero-order valence-electron chi connectivity index (χ0n) is 7.80. The van der Waals surface area contributed by atoms with Crippen molar-refractivity contribution in [1.82, 2.24) is 0 Å². The Hall–Kier alpha value is -1.03. The van der Waals surface area contributed by atoms with Gasteiger partial charge in [-0.3, -0.25) is 0 Å². The maximum absolute atomic E-state index is 13.6. The standard InChI is InChI=1S/C11H8BrFO2/c12-8-1-2-9(13)7-3-4-11(10(7)8)14-5-6-15-11/h1-2,5-6H,3-4H2. The fourth-order valence-electron chi connectivity index (χ4n) is 2.20. The lowest BCUT2D eigenvalue weighted by Crippen LogP contribution is -2.23. The quantitative estimate of drug-likeness (QED) is 0.721. The van der Waals surface area contributed by atoms with E-state index in [1.807, 2.05) is 0 Å². The lowest BCUT2D eigenvalue weighted by atomic mass is 10.1. The van der Waals surface area contributed by atoms with Gasteiger partial charge in [-0.1, -0.05) is 15.9 Å². The summed E-state index contributed by atoms with van der Waals surface area (Å²) < 4.78 is 25.3. The van der Waals surface area contributed by atoms with Crippen molar-refractivity contribution in [3.8, 4) is 0 Å². The lowest BCUT2D eigenvalue weighted by Gasteiger charge is -2.24. The summed E-state index contributed by atoms with van der Waals surface area (Å²) in [6.07, 6.45) is 4.30. The molecule has 0 N–H and O–H groups in total. The molecule has 78 valence electrons. The third-order valence-electron chi connectivity index (χ3n) is 2.86. The molecule has 1 aliphatic heterocycles. The van der Waals surface area contributed by atoms with Gasteiger partial charge in [-0.05, 0) is 18.6 Å². The van der Waals surface area contributed by atoms with Gasteiger partial charge in [0.05, 0.1) is 5.56 Å². The maximum atomic E-state index is 13.6. The molecular formula is C11H8BrFO2. The Kier molecular flexibility index (Phi) is 1.83. The molecule has 0 saturated heterocycles. The summed E-state index contributed by atoms with van der Waals surface area (Å²) in [5.41, 5.74) is 1.47. The molecule has 1 spiro atoms. The highest BCUT2D eigenvalue weighted by atomic mass is 79.9. The van der Waals surface area contributed by atoms with Crippen LogP contribution in [0.2, 0.25) is 0 Å². The highest BCUT2D eigenvalue weighted by Crippen LogP contribution is 2.47. The number of fused-ring (bicyclic) bond motifs is 2. The lowest BCUT2D eigenvalue weighted by molar-refractivity contribution is -0.147. The second kappa shape index (κ2) is 2.98. The number of hydrogen-bond acceptors (Lipinski definition) is 2. The van der Waals surface area contributed by atoms with Gasteiger partial charge in [-0.25, -0.2) is 4.39 Å². The minimum atomic E-state index is -0.795. The van der Waals surface area contributed by atoms with E-state index >= 15 is 0 Å². The molecule has 0 aromatic heterocycles. The molecule has 0 fully saturated rings. The van der Waals surface area contributed by atoms with Gasteiger partial charge in [-0.2, -0.15) is 0 Å². The molecule has 0 unspecified atom stereocenters. The zero-order valence-corrected chi connectivity index (χ0v) is 9.38. The van der Waals surface area contributed by atoms with E-state index in [2.05, 4.69) is 15.9 Å². The number of halogens is 2. The summed E-state index contributed by atoms with van der Waals surface area (Å²) in [6, 6.07) is 3.15. The van der Waals surface area contributed by atoms with Gasteiger partial charge in [0.1, 0.15) is 18.3 Å². The Labute approximate surface area is 94.8 Å². The molecule has 15 heavy (non-hydrogen) atoms. The van der Waals surface area contributed by atoms with Crippen LogP contribution in [0.5, 0.6) is 0 Å². The van der Waals surface area contributed by atoms with Crippen molar-refractivity contribution >= 4 is 15.9 Å². The Bertz CT molecular complexity index is 448. The highest BCUT2D eigenvalue weighted by molar-refractivity contribution is 9.10. The van der Waals surface area contributed by atoms with Crippen molar-refractivity contribution in [1.29, 1.82) is 0 Å². The predicted molar refractivity (Wildman–Crippen MR) is 55.4 cm³/mol. The number of ether oxygens (including phenoxy) is 2. The summed E-state index contributed by atoms with van der Waals surface area (Å²) >= 11 is 3.41. The van der Waals surface area contributed by atoms with Crippen molar-refractivity contribution < 1.29 is 13.9 Å². The molecule has 1 aliphatic carbocycles. The van der Waals surface area contributed by atoms with Crippen LogP contribution in [0.15, 0.2) is 29.1 Å². The monoisotopic (exact) mass is 270 g/mol. The van der Waals surface area contributed by atoms with Crippen LogP contribution in [0, 0.1) is 5.82 Å². The first-order chi connectivity index (χ1) is 7.23. The van der Waals surface area contributed by atoms with Gasteiger partial charge >= 0.3 is 0 Å². The SMILES string of the molecule is Fc1ccc(Br)c2c1CCC21OC=CO1. The van der Waals surface area contributed by atoms with E-state index in [1.54, 1.807) is 6.07 Å². The molecule has 0 amide bonds. The van der Waals surface area contributed by atoms with Gasteiger partial charge in [-0.15, -0.1) is 0 Å². The summed E-state index contributed by atoms with van der Waals surface area (Å²) in [7, 11) is 0. The number of rotatable bonds is 0. The molecule has 2 nitrogen and oxygen atoms in total. The minimum Gasteiger partial charge on any atom is -0.453 e. The van der Waals surface area contributed by atoms with Crippen LogP contribution in [-0.4, -0.2) is 0 Å². The van der Waals surface area contributed by atoms with Gasteiger partial charge in [0, 0.05) is 16.5 Å². The van der Waals surface area contributed by atoms with Crippen LogP contribution in [0.1, 0.15) is 17.5 Å². The second-order valence-corrected chi connectivity index (χ2v) is 4.50. The smallest absolute Gasteiger partial charge is 0.278 e. The van der Waals surface area contributed by atoms with Crippen molar-refractivity contribution in [2.24, 2.45) is 0 Å². The van der Waals surface area contributed by atoms with Gasteiger partial charge in [0.25, 0.3) is 5.79 Å². The third-order valence-corrected chi connectivity index (χ3v) is 3.52. The van der Waals surface area contributed by atoms with Crippen LogP contribution >= 0.6 is 15.9 Å². The van der Waals surface area contributed by atoms with E-state index in [9.17, 15) is 4.39 Å². The van der Waals surface area contributed by atoms with Crippen molar-refractivity contribution in [3.05, 3.63) is 46.1 Å². The molecule has 1 heterocycles. The molecule has 0 saturated carbocycles. The summed E-state index contributed by atoms with van der Waals surface area (Å²) in [6.45, 7) is 0.